The van der Waals surface area contributed by atoms with Crippen LogP contribution in [-0.4, -0.2) is 9.97 Å². The van der Waals surface area contributed by atoms with Gasteiger partial charge in [0, 0.05) is 17.7 Å². The summed E-state index contributed by atoms with van der Waals surface area (Å²) in [6, 6.07) is 6.55. The van der Waals surface area contributed by atoms with Crippen LogP contribution in [0.5, 0.6) is 0 Å². The predicted octanol–water partition coefficient (Wildman–Crippen LogP) is 4.23. The maximum atomic E-state index is 6.17. The second-order valence-corrected chi connectivity index (χ2v) is 5.58. The summed E-state index contributed by atoms with van der Waals surface area (Å²) in [4.78, 5) is 8.80. The minimum atomic E-state index is 0.528. The van der Waals surface area contributed by atoms with Gasteiger partial charge >= 0.3 is 0 Å². The third-order valence-electron chi connectivity index (χ3n) is 3.81. The molecule has 0 amide bonds. The molecule has 1 heterocycles. The maximum Gasteiger partial charge on any atom is 0.138 e. The first-order chi connectivity index (χ1) is 9.67. The Hall–Kier alpha value is -1.61. The molecular formula is C16H18ClN3. The molecule has 0 spiro atoms. The van der Waals surface area contributed by atoms with E-state index in [1.807, 2.05) is 13.8 Å². The Morgan fingerprint density at radius 3 is 2.80 bits per heavy atom. The molecule has 0 bridgehead atoms. The van der Waals surface area contributed by atoms with Crippen molar-refractivity contribution in [3.63, 3.8) is 0 Å². The summed E-state index contributed by atoms with van der Waals surface area (Å²) in [5, 5.41) is 3.91. The van der Waals surface area contributed by atoms with Crippen LogP contribution in [0.4, 0.5) is 11.5 Å². The van der Waals surface area contributed by atoms with Crippen LogP contribution in [0, 0.1) is 6.92 Å². The van der Waals surface area contributed by atoms with Crippen molar-refractivity contribution in [1.82, 2.24) is 9.97 Å². The van der Waals surface area contributed by atoms with Crippen LogP contribution < -0.4 is 5.32 Å². The molecule has 4 heteroatoms. The van der Waals surface area contributed by atoms with Crippen LogP contribution in [0.1, 0.15) is 35.9 Å². The van der Waals surface area contributed by atoms with E-state index in [1.165, 1.54) is 30.4 Å². The molecule has 0 radical (unpaired) electrons. The topological polar surface area (TPSA) is 37.8 Å². The second kappa shape index (κ2) is 5.41. The summed E-state index contributed by atoms with van der Waals surface area (Å²) in [5.74, 6) is 1.57. The Bertz CT molecular complexity index is 652. The molecule has 1 aliphatic carbocycles. The normalized spacial score (nSPS) is 13.3. The lowest BCUT2D eigenvalue weighted by atomic mass is 10.1. The minimum Gasteiger partial charge on any atom is -0.340 e. The molecule has 2 aromatic rings. The molecular weight excluding hydrogens is 270 g/mol. The summed E-state index contributed by atoms with van der Waals surface area (Å²) in [5.41, 5.74) is 4.89. The Balaban J connectivity index is 1.93. The van der Waals surface area contributed by atoms with Gasteiger partial charge in [-0.2, -0.15) is 0 Å². The lowest BCUT2D eigenvalue weighted by Gasteiger charge is -2.12. The van der Waals surface area contributed by atoms with Crippen molar-refractivity contribution < 1.29 is 0 Å². The lowest BCUT2D eigenvalue weighted by molar-refractivity contribution is 0.912. The molecule has 104 valence electrons. The fourth-order valence-corrected chi connectivity index (χ4v) is 2.79. The Labute approximate surface area is 124 Å². The number of aromatic nitrogens is 2. The maximum absolute atomic E-state index is 6.17. The third kappa shape index (κ3) is 2.50. The molecule has 1 N–H and O–H groups in total. The molecule has 0 saturated heterocycles. The van der Waals surface area contributed by atoms with Crippen molar-refractivity contribution in [3.8, 4) is 0 Å². The average molecular weight is 288 g/mol. The van der Waals surface area contributed by atoms with E-state index >= 15 is 0 Å². The van der Waals surface area contributed by atoms with Gasteiger partial charge in [0.15, 0.2) is 0 Å². The summed E-state index contributed by atoms with van der Waals surface area (Å²) >= 11 is 6.17. The lowest BCUT2D eigenvalue weighted by Crippen LogP contribution is -2.03. The van der Waals surface area contributed by atoms with E-state index in [0.717, 1.165) is 29.3 Å². The number of hydrogen-bond acceptors (Lipinski definition) is 3. The summed E-state index contributed by atoms with van der Waals surface area (Å²) in [7, 11) is 0. The van der Waals surface area contributed by atoms with Crippen molar-refractivity contribution in [2.24, 2.45) is 0 Å². The van der Waals surface area contributed by atoms with Gasteiger partial charge in [-0.25, -0.2) is 9.97 Å². The summed E-state index contributed by atoms with van der Waals surface area (Å²) in [6.45, 7) is 3.97. The Kier molecular flexibility index (Phi) is 3.62. The number of anilines is 2. The van der Waals surface area contributed by atoms with Crippen LogP contribution in [0.2, 0.25) is 5.15 Å². The van der Waals surface area contributed by atoms with E-state index in [4.69, 9.17) is 11.6 Å². The van der Waals surface area contributed by atoms with E-state index in [1.54, 1.807) is 0 Å². The first kappa shape index (κ1) is 13.4. The SMILES string of the molecule is CCc1nc(Cl)c(C)c(Nc2ccc3c(c2)CCC3)n1. The monoisotopic (exact) mass is 287 g/mol. The number of nitrogens with one attached hydrogen (secondary N) is 1. The molecule has 0 saturated carbocycles. The van der Waals surface area contributed by atoms with E-state index in [2.05, 4.69) is 33.5 Å². The second-order valence-electron chi connectivity index (χ2n) is 5.22. The Morgan fingerprint density at radius 1 is 1.20 bits per heavy atom. The number of halogens is 1. The smallest absolute Gasteiger partial charge is 0.138 e. The van der Waals surface area contributed by atoms with Gasteiger partial charge in [-0.15, -0.1) is 0 Å². The number of aryl methyl sites for hydroxylation is 3. The average Bonchev–Trinajstić information content (AvgIpc) is 2.91. The van der Waals surface area contributed by atoms with E-state index in [0.29, 0.717) is 5.15 Å². The predicted molar refractivity (Wildman–Crippen MR) is 82.9 cm³/mol. The molecule has 20 heavy (non-hydrogen) atoms. The number of hydrogen-bond donors (Lipinski definition) is 1. The molecule has 0 fully saturated rings. The van der Waals surface area contributed by atoms with Gasteiger partial charge in [0.25, 0.3) is 0 Å². The fraction of sp³-hybridized carbons (Fsp3) is 0.375. The van der Waals surface area contributed by atoms with Crippen molar-refractivity contribution in [2.75, 3.05) is 5.32 Å². The van der Waals surface area contributed by atoms with E-state index in [9.17, 15) is 0 Å². The zero-order valence-corrected chi connectivity index (χ0v) is 12.6. The highest BCUT2D eigenvalue weighted by Crippen LogP contribution is 2.28. The Morgan fingerprint density at radius 2 is 2.00 bits per heavy atom. The van der Waals surface area contributed by atoms with E-state index < -0.39 is 0 Å². The van der Waals surface area contributed by atoms with Gasteiger partial charge in [-0.1, -0.05) is 24.6 Å². The fourth-order valence-electron chi connectivity index (χ4n) is 2.60. The van der Waals surface area contributed by atoms with Crippen LogP contribution in [0.15, 0.2) is 18.2 Å². The van der Waals surface area contributed by atoms with Crippen molar-refractivity contribution in [1.29, 1.82) is 0 Å². The highest BCUT2D eigenvalue weighted by Gasteiger charge is 2.13. The molecule has 1 aromatic heterocycles. The summed E-state index contributed by atoms with van der Waals surface area (Å²) in [6.07, 6.45) is 4.42. The standard InChI is InChI=1S/C16H18ClN3/c1-3-14-19-15(17)10(2)16(20-14)18-13-8-7-11-5-4-6-12(11)9-13/h7-9H,3-6H2,1-2H3,(H,18,19,20). The number of benzene rings is 1. The first-order valence-electron chi connectivity index (χ1n) is 7.09. The number of fused-ring (bicyclic) bond motifs is 1. The third-order valence-corrected chi connectivity index (χ3v) is 4.18. The number of nitrogens with zero attached hydrogens (tertiary/aromatic N) is 2. The van der Waals surface area contributed by atoms with Crippen molar-refractivity contribution in [2.45, 2.75) is 39.5 Å². The van der Waals surface area contributed by atoms with Gasteiger partial charge in [-0.3, -0.25) is 0 Å². The first-order valence-corrected chi connectivity index (χ1v) is 7.47. The van der Waals surface area contributed by atoms with Crippen molar-refractivity contribution in [3.05, 3.63) is 45.9 Å². The summed E-state index contributed by atoms with van der Waals surface area (Å²) < 4.78 is 0. The quantitative estimate of drug-likeness (QED) is 0.858. The van der Waals surface area contributed by atoms with Crippen LogP contribution in [0.25, 0.3) is 0 Å². The van der Waals surface area contributed by atoms with Gasteiger partial charge < -0.3 is 5.32 Å². The van der Waals surface area contributed by atoms with Gasteiger partial charge in [0.2, 0.25) is 0 Å². The molecule has 0 aliphatic heterocycles. The molecule has 0 unspecified atom stereocenters. The molecule has 1 aromatic carbocycles. The van der Waals surface area contributed by atoms with Gasteiger partial charge in [0.1, 0.15) is 16.8 Å². The zero-order valence-electron chi connectivity index (χ0n) is 11.8. The molecule has 0 atom stereocenters. The van der Waals surface area contributed by atoms with Crippen LogP contribution >= 0.6 is 11.6 Å². The van der Waals surface area contributed by atoms with Crippen LogP contribution in [-0.2, 0) is 19.3 Å². The van der Waals surface area contributed by atoms with Gasteiger partial charge in [0.05, 0.1) is 0 Å². The van der Waals surface area contributed by atoms with E-state index in [-0.39, 0.29) is 0 Å². The van der Waals surface area contributed by atoms with Crippen molar-refractivity contribution >= 4 is 23.1 Å². The minimum absolute atomic E-state index is 0.528. The largest absolute Gasteiger partial charge is 0.340 e. The molecule has 1 aliphatic rings. The molecule has 3 nitrogen and oxygen atoms in total. The van der Waals surface area contributed by atoms with Crippen LogP contribution in [0.3, 0.4) is 0 Å². The highest BCUT2D eigenvalue weighted by atomic mass is 35.5. The molecule has 3 rings (SSSR count). The van der Waals surface area contributed by atoms with Gasteiger partial charge in [-0.05, 0) is 49.4 Å². The highest BCUT2D eigenvalue weighted by molar-refractivity contribution is 6.30. The zero-order chi connectivity index (χ0) is 14.1. The number of rotatable bonds is 3.